The first-order valence-corrected chi connectivity index (χ1v) is 13.5. The van der Waals surface area contributed by atoms with Crippen molar-refractivity contribution in [2.24, 2.45) is 0 Å². The highest BCUT2D eigenvalue weighted by molar-refractivity contribution is 7.91. The van der Waals surface area contributed by atoms with Crippen LogP contribution in [0, 0.1) is 18.6 Å². The van der Waals surface area contributed by atoms with Crippen molar-refractivity contribution in [3.8, 4) is 0 Å². The molecule has 0 bridgehead atoms. The maximum atomic E-state index is 13.9. The standard InChI is InChI=1S/C23H26F2N4O3S2/c1-16-2-4-18(5-3-16)34(31,32)13-6-21(30)26-7-8-28-9-11-29(12-10-28)23-27-22-19(25)14-17(24)15-20(22)33-23/h2-5,14-15H,6-13H2,1H3,(H,26,30). The normalized spacial score (nSPS) is 15.1. The number of nitrogens with zero attached hydrogens (tertiary/aromatic N) is 3. The van der Waals surface area contributed by atoms with Crippen molar-refractivity contribution in [2.75, 3.05) is 49.9 Å². The van der Waals surface area contributed by atoms with Gasteiger partial charge in [-0.15, -0.1) is 0 Å². The van der Waals surface area contributed by atoms with E-state index in [0.717, 1.165) is 24.7 Å². The maximum Gasteiger partial charge on any atom is 0.221 e. The summed E-state index contributed by atoms with van der Waals surface area (Å²) in [4.78, 5) is 20.9. The Bertz CT molecular complexity index is 1270. The van der Waals surface area contributed by atoms with Crippen LogP contribution in [0.4, 0.5) is 13.9 Å². The lowest BCUT2D eigenvalue weighted by atomic mass is 10.2. The third kappa shape index (κ3) is 5.89. The summed E-state index contributed by atoms with van der Waals surface area (Å²) >= 11 is 1.27. The van der Waals surface area contributed by atoms with Crippen LogP contribution in [0.5, 0.6) is 0 Å². The van der Waals surface area contributed by atoms with E-state index in [1.165, 1.54) is 17.4 Å². The van der Waals surface area contributed by atoms with Crippen molar-refractivity contribution in [1.29, 1.82) is 0 Å². The summed E-state index contributed by atoms with van der Waals surface area (Å²) in [7, 11) is -3.49. The molecule has 1 N–H and O–H groups in total. The quantitative estimate of drug-likeness (QED) is 0.504. The van der Waals surface area contributed by atoms with E-state index < -0.39 is 21.5 Å². The van der Waals surface area contributed by atoms with Crippen molar-refractivity contribution in [1.82, 2.24) is 15.2 Å². The molecule has 3 aromatic rings. The Morgan fingerprint density at radius 1 is 1.12 bits per heavy atom. The highest BCUT2D eigenvalue weighted by Gasteiger charge is 2.21. The molecule has 1 aliphatic rings. The van der Waals surface area contributed by atoms with Crippen LogP contribution in [0.3, 0.4) is 0 Å². The van der Waals surface area contributed by atoms with Crippen LogP contribution < -0.4 is 10.2 Å². The second-order valence-electron chi connectivity index (χ2n) is 8.29. The minimum atomic E-state index is -3.49. The van der Waals surface area contributed by atoms with Crippen molar-refractivity contribution in [3.63, 3.8) is 0 Å². The van der Waals surface area contributed by atoms with Crippen LogP contribution in [-0.4, -0.2) is 69.2 Å². The molecule has 34 heavy (non-hydrogen) atoms. The number of rotatable bonds is 8. The van der Waals surface area contributed by atoms with Crippen LogP contribution in [0.15, 0.2) is 41.3 Å². The number of piperazine rings is 1. The Morgan fingerprint density at radius 2 is 1.82 bits per heavy atom. The predicted octanol–water partition coefficient (Wildman–Crippen LogP) is 2.99. The molecule has 1 fully saturated rings. The highest BCUT2D eigenvalue weighted by atomic mass is 32.2. The fraction of sp³-hybridized carbons (Fsp3) is 0.391. The van der Waals surface area contributed by atoms with Gasteiger partial charge < -0.3 is 10.2 Å². The number of hydrogen-bond donors (Lipinski definition) is 1. The number of aryl methyl sites for hydroxylation is 1. The van der Waals surface area contributed by atoms with E-state index in [1.54, 1.807) is 24.3 Å². The molecule has 1 amide bonds. The molecule has 0 saturated carbocycles. The summed E-state index contributed by atoms with van der Waals surface area (Å²) in [6, 6.07) is 8.74. The Balaban J connectivity index is 1.19. The number of benzene rings is 2. The van der Waals surface area contributed by atoms with Gasteiger partial charge in [-0.05, 0) is 25.1 Å². The molecule has 1 aromatic heterocycles. The number of aromatic nitrogens is 1. The molecule has 0 atom stereocenters. The molecular formula is C23H26F2N4O3S2. The van der Waals surface area contributed by atoms with Crippen LogP contribution in [-0.2, 0) is 14.6 Å². The van der Waals surface area contributed by atoms with Gasteiger partial charge in [-0.2, -0.15) is 0 Å². The number of carbonyl (C=O) groups is 1. The zero-order valence-electron chi connectivity index (χ0n) is 18.8. The van der Waals surface area contributed by atoms with Gasteiger partial charge in [0, 0.05) is 51.8 Å². The molecule has 182 valence electrons. The minimum Gasteiger partial charge on any atom is -0.355 e. The van der Waals surface area contributed by atoms with Gasteiger partial charge in [0.15, 0.2) is 20.8 Å². The van der Waals surface area contributed by atoms with E-state index in [1.807, 2.05) is 11.8 Å². The number of sulfone groups is 1. The first-order valence-electron chi connectivity index (χ1n) is 11.0. The first kappa shape index (κ1) is 24.5. The number of carbonyl (C=O) groups excluding carboxylic acids is 1. The monoisotopic (exact) mass is 508 g/mol. The van der Waals surface area contributed by atoms with Gasteiger partial charge in [0.2, 0.25) is 5.91 Å². The Hall–Kier alpha value is -2.63. The highest BCUT2D eigenvalue weighted by Crippen LogP contribution is 2.31. The Morgan fingerprint density at radius 3 is 2.53 bits per heavy atom. The molecule has 7 nitrogen and oxygen atoms in total. The van der Waals surface area contributed by atoms with E-state index in [2.05, 4.69) is 15.2 Å². The van der Waals surface area contributed by atoms with E-state index >= 15 is 0 Å². The molecule has 0 aliphatic carbocycles. The molecule has 4 rings (SSSR count). The molecule has 0 spiro atoms. The zero-order chi connectivity index (χ0) is 24.3. The third-order valence-corrected chi connectivity index (χ3v) is 8.57. The van der Waals surface area contributed by atoms with Gasteiger partial charge >= 0.3 is 0 Å². The fourth-order valence-corrected chi connectivity index (χ4v) is 6.07. The molecule has 1 saturated heterocycles. The molecule has 0 unspecified atom stereocenters. The molecule has 11 heteroatoms. The van der Waals surface area contributed by atoms with Gasteiger partial charge in [-0.25, -0.2) is 22.2 Å². The number of thiazole rings is 1. The van der Waals surface area contributed by atoms with Gasteiger partial charge in [-0.3, -0.25) is 9.69 Å². The second-order valence-corrected chi connectivity index (χ2v) is 11.4. The maximum absolute atomic E-state index is 13.9. The van der Waals surface area contributed by atoms with Crippen molar-refractivity contribution >= 4 is 42.4 Å². The molecule has 0 radical (unpaired) electrons. The lowest BCUT2D eigenvalue weighted by molar-refractivity contribution is -0.120. The fourth-order valence-electron chi connectivity index (χ4n) is 3.78. The predicted molar refractivity (Wildman–Crippen MR) is 129 cm³/mol. The summed E-state index contributed by atoms with van der Waals surface area (Å²) in [5.74, 6) is -1.79. The molecular weight excluding hydrogens is 482 g/mol. The first-order chi connectivity index (χ1) is 16.2. The van der Waals surface area contributed by atoms with Gasteiger partial charge in [-0.1, -0.05) is 29.0 Å². The number of amides is 1. The number of fused-ring (bicyclic) bond motifs is 1. The van der Waals surface area contributed by atoms with Gasteiger partial charge in [0.05, 0.1) is 15.3 Å². The van der Waals surface area contributed by atoms with E-state index in [-0.39, 0.29) is 28.5 Å². The van der Waals surface area contributed by atoms with E-state index in [9.17, 15) is 22.0 Å². The van der Waals surface area contributed by atoms with Crippen molar-refractivity contribution in [2.45, 2.75) is 18.2 Å². The topological polar surface area (TPSA) is 82.6 Å². The largest absolute Gasteiger partial charge is 0.355 e. The van der Waals surface area contributed by atoms with Crippen LogP contribution in [0.2, 0.25) is 0 Å². The summed E-state index contributed by atoms with van der Waals surface area (Å²) in [5, 5.41) is 3.46. The Labute approximate surface area is 201 Å². The zero-order valence-corrected chi connectivity index (χ0v) is 20.4. The summed E-state index contributed by atoms with van der Waals surface area (Å²) in [5.41, 5.74) is 1.16. The number of nitrogens with one attached hydrogen (secondary N) is 1. The lowest BCUT2D eigenvalue weighted by Crippen LogP contribution is -2.48. The Kier molecular flexibility index (Phi) is 7.44. The van der Waals surface area contributed by atoms with Crippen LogP contribution in [0.1, 0.15) is 12.0 Å². The van der Waals surface area contributed by atoms with Gasteiger partial charge in [0.1, 0.15) is 11.3 Å². The SMILES string of the molecule is Cc1ccc(S(=O)(=O)CCC(=O)NCCN2CCN(c3nc4c(F)cc(F)cc4s3)CC2)cc1. The lowest BCUT2D eigenvalue weighted by Gasteiger charge is -2.34. The summed E-state index contributed by atoms with van der Waals surface area (Å²) < 4.78 is 52.6. The minimum absolute atomic E-state index is 0.0846. The van der Waals surface area contributed by atoms with Crippen LogP contribution >= 0.6 is 11.3 Å². The van der Waals surface area contributed by atoms with E-state index in [4.69, 9.17) is 0 Å². The average molecular weight is 509 g/mol. The smallest absolute Gasteiger partial charge is 0.221 e. The number of anilines is 1. The summed E-state index contributed by atoms with van der Waals surface area (Å²) in [6.07, 6.45) is -0.0846. The van der Waals surface area contributed by atoms with Crippen molar-refractivity contribution in [3.05, 3.63) is 53.6 Å². The molecule has 2 heterocycles. The van der Waals surface area contributed by atoms with E-state index in [0.29, 0.717) is 36.0 Å². The van der Waals surface area contributed by atoms with Crippen molar-refractivity contribution < 1.29 is 22.0 Å². The second kappa shape index (κ2) is 10.3. The average Bonchev–Trinajstić information content (AvgIpc) is 3.23. The number of halogens is 2. The summed E-state index contributed by atoms with van der Waals surface area (Å²) in [6.45, 7) is 5.81. The van der Waals surface area contributed by atoms with Gasteiger partial charge in [0.25, 0.3) is 0 Å². The molecule has 1 aliphatic heterocycles. The number of hydrogen-bond acceptors (Lipinski definition) is 7. The van der Waals surface area contributed by atoms with Crippen LogP contribution in [0.25, 0.3) is 10.2 Å². The third-order valence-electron chi connectivity index (χ3n) is 5.77. The molecule has 2 aromatic carbocycles.